The summed E-state index contributed by atoms with van der Waals surface area (Å²) in [6, 6.07) is 1.10. The Hall–Kier alpha value is -2.36. The molecule has 1 aliphatic heterocycles. The van der Waals surface area contributed by atoms with E-state index in [1.165, 1.54) is 5.56 Å². The number of rotatable bonds is 4. The maximum absolute atomic E-state index is 12.4. The number of sulfone groups is 1. The van der Waals surface area contributed by atoms with Gasteiger partial charge in [0, 0.05) is 13.1 Å². The normalized spacial score (nSPS) is 21.0. The van der Waals surface area contributed by atoms with Crippen LogP contribution in [0.2, 0.25) is 0 Å². The van der Waals surface area contributed by atoms with E-state index in [-0.39, 0.29) is 23.6 Å². The van der Waals surface area contributed by atoms with Crippen molar-refractivity contribution >= 4 is 21.7 Å². The molecule has 2 aromatic rings. The predicted molar refractivity (Wildman–Crippen MR) is 100 cm³/mol. The molecular formula is C17H24N6O3S. The molecule has 0 saturated carbocycles. The Labute approximate surface area is 158 Å². The number of carbonyl (C=O) groups is 1. The van der Waals surface area contributed by atoms with Gasteiger partial charge in [0.05, 0.1) is 41.7 Å². The van der Waals surface area contributed by atoms with E-state index in [0.29, 0.717) is 18.8 Å². The Morgan fingerprint density at radius 1 is 1.33 bits per heavy atom. The molecule has 9 nitrogen and oxygen atoms in total. The molecule has 1 fully saturated rings. The second-order valence-corrected chi connectivity index (χ2v) is 9.46. The second-order valence-electron chi connectivity index (χ2n) is 7.23. The van der Waals surface area contributed by atoms with Crippen LogP contribution in [0.25, 0.3) is 0 Å². The number of amides is 2. The molecular weight excluding hydrogens is 368 g/mol. The highest BCUT2D eigenvalue weighted by atomic mass is 32.2. The van der Waals surface area contributed by atoms with E-state index in [1.54, 1.807) is 16.9 Å². The zero-order chi connectivity index (χ0) is 19.0. The molecule has 1 saturated heterocycles. The SMILES string of the molecule is Cn1nc2c(c1CNC(=O)Nc1ccnn1C1CCS(=O)(=O)C1)CCCC2. The Morgan fingerprint density at radius 2 is 2.15 bits per heavy atom. The number of urea groups is 1. The molecule has 2 aromatic heterocycles. The first-order valence-electron chi connectivity index (χ1n) is 9.25. The van der Waals surface area contributed by atoms with E-state index in [1.807, 2.05) is 11.7 Å². The van der Waals surface area contributed by atoms with Gasteiger partial charge in [-0.1, -0.05) is 0 Å². The Morgan fingerprint density at radius 3 is 2.93 bits per heavy atom. The first-order chi connectivity index (χ1) is 12.9. The van der Waals surface area contributed by atoms with Crippen LogP contribution in [0.1, 0.15) is 42.3 Å². The van der Waals surface area contributed by atoms with Gasteiger partial charge in [0.2, 0.25) is 0 Å². The molecule has 27 heavy (non-hydrogen) atoms. The lowest BCUT2D eigenvalue weighted by Gasteiger charge is -2.15. The molecule has 2 amide bonds. The van der Waals surface area contributed by atoms with E-state index in [0.717, 1.165) is 37.1 Å². The molecule has 10 heteroatoms. The highest BCUT2D eigenvalue weighted by molar-refractivity contribution is 7.91. The lowest BCUT2D eigenvalue weighted by atomic mass is 9.96. The van der Waals surface area contributed by atoms with Gasteiger partial charge in [0.15, 0.2) is 9.84 Å². The highest BCUT2D eigenvalue weighted by Gasteiger charge is 2.31. The predicted octanol–water partition coefficient (Wildman–Crippen LogP) is 1.18. The van der Waals surface area contributed by atoms with Crippen molar-refractivity contribution in [3.8, 4) is 0 Å². The second kappa shape index (κ2) is 6.99. The van der Waals surface area contributed by atoms with Crippen LogP contribution < -0.4 is 10.6 Å². The van der Waals surface area contributed by atoms with E-state index in [2.05, 4.69) is 20.8 Å². The molecule has 2 aliphatic rings. The molecule has 0 bridgehead atoms. The summed E-state index contributed by atoms with van der Waals surface area (Å²) in [7, 11) is -1.11. The molecule has 1 aliphatic carbocycles. The van der Waals surface area contributed by atoms with Gasteiger partial charge in [-0.25, -0.2) is 17.9 Å². The van der Waals surface area contributed by atoms with E-state index in [9.17, 15) is 13.2 Å². The third-order valence-corrected chi connectivity index (χ3v) is 7.08. The fourth-order valence-corrected chi connectivity index (χ4v) is 5.66. The average molecular weight is 392 g/mol. The number of anilines is 1. The third-order valence-electron chi connectivity index (χ3n) is 5.33. The van der Waals surface area contributed by atoms with Gasteiger partial charge in [-0.15, -0.1) is 0 Å². The fraction of sp³-hybridized carbons (Fsp3) is 0.588. The van der Waals surface area contributed by atoms with Crippen molar-refractivity contribution in [1.82, 2.24) is 24.9 Å². The first-order valence-corrected chi connectivity index (χ1v) is 11.1. The average Bonchev–Trinajstić information content (AvgIpc) is 3.29. The van der Waals surface area contributed by atoms with Gasteiger partial charge in [-0.05, 0) is 37.7 Å². The molecule has 1 unspecified atom stereocenters. The van der Waals surface area contributed by atoms with Gasteiger partial charge in [-0.3, -0.25) is 10.00 Å². The Bertz CT molecular complexity index is 961. The summed E-state index contributed by atoms with van der Waals surface area (Å²) >= 11 is 0. The maximum Gasteiger partial charge on any atom is 0.320 e. The summed E-state index contributed by atoms with van der Waals surface area (Å²) in [6.07, 6.45) is 6.41. The van der Waals surface area contributed by atoms with Crippen LogP contribution in [0, 0.1) is 0 Å². The minimum absolute atomic E-state index is 0.0616. The van der Waals surface area contributed by atoms with Gasteiger partial charge < -0.3 is 5.32 Å². The van der Waals surface area contributed by atoms with Crippen molar-refractivity contribution in [2.24, 2.45) is 7.05 Å². The van der Waals surface area contributed by atoms with Crippen LogP contribution >= 0.6 is 0 Å². The largest absolute Gasteiger partial charge is 0.332 e. The van der Waals surface area contributed by atoms with Gasteiger partial charge in [0.1, 0.15) is 5.82 Å². The number of fused-ring (bicyclic) bond motifs is 1. The smallest absolute Gasteiger partial charge is 0.320 e. The Balaban J connectivity index is 1.40. The summed E-state index contributed by atoms with van der Waals surface area (Å²) in [6.45, 7) is 0.399. The lowest BCUT2D eigenvalue weighted by Crippen LogP contribution is -2.31. The fourth-order valence-electron chi connectivity index (χ4n) is 3.97. The summed E-state index contributed by atoms with van der Waals surface area (Å²) in [5.74, 6) is 0.725. The number of hydrogen-bond acceptors (Lipinski definition) is 5. The molecule has 0 aromatic carbocycles. The van der Waals surface area contributed by atoms with Crippen molar-refractivity contribution in [3.05, 3.63) is 29.2 Å². The van der Waals surface area contributed by atoms with Crippen LogP contribution in [0.15, 0.2) is 12.3 Å². The maximum atomic E-state index is 12.4. The Kier molecular flexibility index (Phi) is 4.67. The summed E-state index contributed by atoms with van der Waals surface area (Å²) in [5.41, 5.74) is 3.43. The van der Waals surface area contributed by atoms with Gasteiger partial charge in [-0.2, -0.15) is 10.2 Å². The number of hydrogen-bond donors (Lipinski definition) is 2. The quantitative estimate of drug-likeness (QED) is 0.812. The van der Waals surface area contributed by atoms with Crippen molar-refractivity contribution in [1.29, 1.82) is 0 Å². The van der Waals surface area contributed by atoms with Crippen LogP contribution in [0.3, 0.4) is 0 Å². The first kappa shape index (κ1) is 18.0. The summed E-state index contributed by atoms with van der Waals surface area (Å²) < 4.78 is 26.9. The number of nitrogens with one attached hydrogen (secondary N) is 2. The monoisotopic (exact) mass is 392 g/mol. The van der Waals surface area contributed by atoms with Crippen molar-refractivity contribution < 1.29 is 13.2 Å². The number of carbonyl (C=O) groups excluding carboxylic acids is 1. The minimum atomic E-state index is -3.02. The number of aryl methyl sites for hydroxylation is 2. The van der Waals surface area contributed by atoms with Gasteiger partial charge in [0.25, 0.3) is 0 Å². The van der Waals surface area contributed by atoms with E-state index >= 15 is 0 Å². The molecule has 0 radical (unpaired) electrons. The zero-order valence-corrected chi connectivity index (χ0v) is 16.1. The molecule has 4 rings (SSSR count). The molecule has 2 N–H and O–H groups in total. The zero-order valence-electron chi connectivity index (χ0n) is 15.3. The van der Waals surface area contributed by atoms with Crippen molar-refractivity contribution in [3.63, 3.8) is 0 Å². The molecule has 146 valence electrons. The van der Waals surface area contributed by atoms with Crippen molar-refractivity contribution in [2.75, 3.05) is 16.8 Å². The van der Waals surface area contributed by atoms with Crippen LogP contribution in [0.4, 0.5) is 10.6 Å². The third kappa shape index (κ3) is 3.71. The lowest BCUT2D eigenvalue weighted by molar-refractivity contribution is 0.251. The number of aromatic nitrogens is 4. The highest BCUT2D eigenvalue weighted by Crippen LogP contribution is 2.26. The van der Waals surface area contributed by atoms with Crippen LogP contribution in [-0.4, -0.2) is 45.5 Å². The molecule has 0 spiro atoms. The van der Waals surface area contributed by atoms with E-state index < -0.39 is 9.84 Å². The minimum Gasteiger partial charge on any atom is -0.332 e. The molecule has 1 atom stereocenters. The van der Waals surface area contributed by atoms with Crippen LogP contribution in [-0.2, 0) is 36.3 Å². The summed E-state index contributed by atoms with van der Waals surface area (Å²) in [5, 5.41) is 14.4. The van der Waals surface area contributed by atoms with E-state index in [4.69, 9.17) is 0 Å². The topological polar surface area (TPSA) is 111 Å². The van der Waals surface area contributed by atoms with Gasteiger partial charge >= 0.3 is 6.03 Å². The number of nitrogens with zero attached hydrogens (tertiary/aromatic N) is 4. The van der Waals surface area contributed by atoms with Crippen molar-refractivity contribution in [2.45, 2.75) is 44.7 Å². The molecule has 3 heterocycles. The standard InChI is InChI=1S/C17H24N6O3S/c1-22-15(13-4-2-3-5-14(13)21-22)10-18-17(24)20-16-6-8-19-23(16)12-7-9-27(25,26)11-12/h6,8,12H,2-5,7,9-11H2,1H3,(H2,18,20,24). The van der Waals surface area contributed by atoms with Crippen LogP contribution in [0.5, 0.6) is 0 Å². The summed E-state index contributed by atoms with van der Waals surface area (Å²) in [4.78, 5) is 12.4.